The first-order valence-corrected chi connectivity index (χ1v) is 6.68. The van der Waals surface area contributed by atoms with E-state index in [0.717, 1.165) is 18.8 Å². The zero-order valence-electron chi connectivity index (χ0n) is 11.4. The van der Waals surface area contributed by atoms with E-state index >= 15 is 0 Å². The molecule has 1 fully saturated rings. The number of likely N-dealkylation sites (tertiary alicyclic amines) is 1. The number of nitrogens with one attached hydrogen (secondary N) is 1. The maximum absolute atomic E-state index is 11.2. The van der Waals surface area contributed by atoms with Crippen molar-refractivity contribution >= 4 is 17.3 Å². The smallest absolute Gasteiger partial charge is 0.248 e. The lowest BCUT2D eigenvalue weighted by atomic mass is 9.98. The molecule has 1 heterocycles. The number of rotatable bonds is 4. The summed E-state index contributed by atoms with van der Waals surface area (Å²) in [6.07, 6.45) is 2.46. The van der Waals surface area contributed by atoms with E-state index < -0.39 is 5.91 Å². The van der Waals surface area contributed by atoms with Gasteiger partial charge in [0.2, 0.25) is 5.91 Å². The molecule has 2 rings (SSSR count). The minimum Gasteiger partial charge on any atom is -0.397 e. The molecule has 1 amide bonds. The van der Waals surface area contributed by atoms with E-state index in [4.69, 9.17) is 11.5 Å². The van der Waals surface area contributed by atoms with Crippen LogP contribution in [0.4, 0.5) is 11.4 Å². The van der Waals surface area contributed by atoms with E-state index in [9.17, 15) is 4.79 Å². The lowest BCUT2D eigenvalue weighted by Crippen LogP contribution is -2.35. The molecule has 0 radical (unpaired) electrons. The highest BCUT2D eigenvalue weighted by atomic mass is 16.1. The summed E-state index contributed by atoms with van der Waals surface area (Å²) in [7, 11) is 2.15. The van der Waals surface area contributed by atoms with Crippen molar-refractivity contribution in [2.24, 2.45) is 11.7 Å². The van der Waals surface area contributed by atoms with Gasteiger partial charge in [-0.2, -0.15) is 0 Å². The van der Waals surface area contributed by atoms with E-state index in [2.05, 4.69) is 17.3 Å². The Morgan fingerprint density at radius 2 is 2.32 bits per heavy atom. The molecule has 1 aromatic rings. The fourth-order valence-electron chi connectivity index (χ4n) is 2.56. The van der Waals surface area contributed by atoms with Crippen LogP contribution in [0.25, 0.3) is 0 Å². The second-order valence-electron chi connectivity index (χ2n) is 5.32. The molecule has 0 bridgehead atoms. The summed E-state index contributed by atoms with van der Waals surface area (Å²) in [4.78, 5) is 13.5. The van der Waals surface area contributed by atoms with Crippen LogP contribution < -0.4 is 16.8 Å². The Labute approximate surface area is 113 Å². The molecule has 5 nitrogen and oxygen atoms in total. The third kappa shape index (κ3) is 3.61. The standard InChI is InChI=1S/C14H22N4O/c1-18-6-2-3-10(9-18)8-17-13-7-11(14(16)19)4-5-12(13)15/h4-5,7,10,17H,2-3,6,8-9,15H2,1H3,(H2,16,19). The average molecular weight is 262 g/mol. The van der Waals surface area contributed by atoms with Gasteiger partial charge in [-0.15, -0.1) is 0 Å². The largest absolute Gasteiger partial charge is 0.397 e. The van der Waals surface area contributed by atoms with Gasteiger partial charge in [0.1, 0.15) is 0 Å². The summed E-state index contributed by atoms with van der Waals surface area (Å²) in [5.74, 6) is 0.191. The number of carbonyl (C=O) groups excluding carboxylic acids is 1. The Kier molecular flexibility index (Phi) is 4.27. The number of piperidine rings is 1. The van der Waals surface area contributed by atoms with Crippen molar-refractivity contribution in [3.05, 3.63) is 23.8 Å². The van der Waals surface area contributed by atoms with Crippen molar-refractivity contribution in [3.8, 4) is 0 Å². The molecule has 1 aromatic carbocycles. The van der Waals surface area contributed by atoms with Gasteiger partial charge in [0.05, 0.1) is 11.4 Å². The number of hydrogen-bond acceptors (Lipinski definition) is 4. The predicted octanol–water partition coefficient (Wildman–Crippen LogP) is 1.12. The average Bonchev–Trinajstić information content (AvgIpc) is 2.37. The van der Waals surface area contributed by atoms with Crippen molar-refractivity contribution in [1.82, 2.24) is 4.90 Å². The van der Waals surface area contributed by atoms with Crippen LogP contribution in [0.5, 0.6) is 0 Å². The van der Waals surface area contributed by atoms with Gasteiger partial charge < -0.3 is 21.7 Å². The van der Waals surface area contributed by atoms with Gasteiger partial charge in [0.15, 0.2) is 0 Å². The molecule has 19 heavy (non-hydrogen) atoms. The maximum atomic E-state index is 11.2. The first kappa shape index (κ1) is 13.7. The molecule has 5 heteroatoms. The number of nitrogens with two attached hydrogens (primary N) is 2. The molecule has 104 valence electrons. The molecule has 5 N–H and O–H groups in total. The van der Waals surface area contributed by atoms with Crippen molar-refractivity contribution in [2.45, 2.75) is 12.8 Å². The van der Waals surface area contributed by atoms with Gasteiger partial charge in [-0.1, -0.05) is 0 Å². The molecule has 1 aliphatic rings. The molecular formula is C14H22N4O. The number of primary amides is 1. The van der Waals surface area contributed by atoms with Gasteiger partial charge in [-0.05, 0) is 50.6 Å². The molecule has 1 aliphatic heterocycles. The van der Waals surface area contributed by atoms with E-state index in [-0.39, 0.29) is 0 Å². The lowest BCUT2D eigenvalue weighted by Gasteiger charge is -2.30. The van der Waals surface area contributed by atoms with E-state index in [1.54, 1.807) is 18.2 Å². The quantitative estimate of drug-likeness (QED) is 0.710. The minimum atomic E-state index is -0.430. The molecule has 0 spiro atoms. The third-order valence-corrected chi connectivity index (χ3v) is 3.64. The number of anilines is 2. The summed E-state index contributed by atoms with van der Waals surface area (Å²) < 4.78 is 0. The number of nitrogen functional groups attached to an aromatic ring is 1. The van der Waals surface area contributed by atoms with Gasteiger partial charge >= 0.3 is 0 Å². The first-order valence-electron chi connectivity index (χ1n) is 6.68. The van der Waals surface area contributed by atoms with E-state index in [1.807, 2.05) is 0 Å². The highest BCUT2D eigenvalue weighted by molar-refractivity contribution is 5.94. The van der Waals surface area contributed by atoms with Crippen LogP contribution in [0, 0.1) is 5.92 Å². The highest BCUT2D eigenvalue weighted by Gasteiger charge is 2.17. The van der Waals surface area contributed by atoms with Crippen LogP contribution in [0.15, 0.2) is 18.2 Å². The van der Waals surface area contributed by atoms with Crippen LogP contribution >= 0.6 is 0 Å². The predicted molar refractivity (Wildman–Crippen MR) is 78.1 cm³/mol. The topological polar surface area (TPSA) is 84.4 Å². The van der Waals surface area contributed by atoms with Crippen LogP contribution in [0.3, 0.4) is 0 Å². The molecule has 1 atom stereocenters. The van der Waals surface area contributed by atoms with Crippen molar-refractivity contribution in [2.75, 3.05) is 37.7 Å². The highest BCUT2D eigenvalue weighted by Crippen LogP contribution is 2.22. The molecular weight excluding hydrogens is 240 g/mol. The van der Waals surface area contributed by atoms with Crippen LogP contribution in [0.2, 0.25) is 0 Å². The number of carbonyl (C=O) groups is 1. The zero-order valence-corrected chi connectivity index (χ0v) is 11.4. The summed E-state index contributed by atoms with van der Waals surface area (Å²) in [6, 6.07) is 5.09. The van der Waals surface area contributed by atoms with Gasteiger partial charge in [-0.25, -0.2) is 0 Å². The second kappa shape index (κ2) is 5.93. The Hall–Kier alpha value is -1.75. The summed E-state index contributed by atoms with van der Waals surface area (Å²) in [5.41, 5.74) is 13.1. The SMILES string of the molecule is CN1CCCC(CNc2cc(C(N)=O)ccc2N)C1. The lowest BCUT2D eigenvalue weighted by molar-refractivity contribution is 0.100. The molecule has 0 aromatic heterocycles. The zero-order chi connectivity index (χ0) is 13.8. The first-order chi connectivity index (χ1) is 9.06. The van der Waals surface area contributed by atoms with Crippen LogP contribution in [-0.4, -0.2) is 37.5 Å². The number of hydrogen-bond donors (Lipinski definition) is 3. The Balaban J connectivity index is 1.98. The van der Waals surface area contributed by atoms with E-state index in [1.165, 1.54) is 19.4 Å². The monoisotopic (exact) mass is 262 g/mol. The number of amides is 1. The Morgan fingerprint density at radius 1 is 1.53 bits per heavy atom. The van der Waals surface area contributed by atoms with Crippen LogP contribution in [-0.2, 0) is 0 Å². The fraction of sp³-hybridized carbons (Fsp3) is 0.500. The minimum absolute atomic E-state index is 0.430. The van der Waals surface area contributed by atoms with Crippen molar-refractivity contribution in [1.29, 1.82) is 0 Å². The number of nitrogens with zero attached hydrogens (tertiary/aromatic N) is 1. The third-order valence-electron chi connectivity index (χ3n) is 3.64. The molecule has 0 saturated carbocycles. The fourth-order valence-corrected chi connectivity index (χ4v) is 2.56. The second-order valence-corrected chi connectivity index (χ2v) is 5.32. The Bertz CT molecular complexity index is 461. The van der Waals surface area contributed by atoms with E-state index in [0.29, 0.717) is 17.2 Å². The summed E-state index contributed by atoms with van der Waals surface area (Å²) in [6.45, 7) is 3.15. The number of benzene rings is 1. The molecule has 1 unspecified atom stereocenters. The molecule has 1 saturated heterocycles. The maximum Gasteiger partial charge on any atom is 0.248 e. The normalized spacial score (nSPS) is 20.2. The van der Waals surface area contributed by atoms with Gasteiger partial charge in [0, 0.05) is 18.7 Å². The van der Waals surface area contributed by atoms with Gasteiger partial charge in [0.25, 0.3) is 0 Å². The summed E-state index contributed by atoms with van der Waals surface area (Å²) in [5, 5.41) is 3.34. The summed E-state index contributed by atoms with van der Waals surface area (Å²) >= 11 is 0. The molecule has 0 aliphatic carbocycles. The van der Waals surface area contributed by atoms with Crippen LogP contribution in [0.1, 0.15) is 23.2 Å². The Morgan fingerprint density at radius 3 is 3.00 bits per heavy atom. The van der Waals surface area contributed by atoms with Crippen molar-refractivity contribution in [3.63, 3.8) is 0 Å². The van der Waals surface area contributed by atoms with Crippen molar-refractivity contribution < 1.29 is 4.79 Å². The van der Waals surface area contributed by atoms with Gasteiger partial charge in [-0.3, -0.25) is 4.79 Å².